The van der Waals surface area contributed by atoms with Crippen LogP contribution in [0.3, 0.4) is 0 Å². The number of aliphatic hydroxyl groups excluding tert-OH is 1. The number of urea groups is 1. The van der Waals surface area contributed by atoms with Crippen LogP contribution in [0.4, 0.5) is 4.79 Å². The van der Waals surface area contributed by atoms with Gasteiger partial charge in [0.15, 0.2) is 6.10 Å². The van der Waals surface area contributed by atoms with Crippen molar-refractivity contribution in [2.24, 2.45) is 0 Å². The van der Waals surface area contributed by atoms with Crippen molar-refractivity contribution >= 4 is 12.0 Å². The third kappa shape index (κ3) is 5.91. The van der Waals surface area contributed by atoms with Gasteiger partial charge in [0.05, 0.1) is 0 Å². The monoisotopic (exact) mass is 244 g/mol. The number of carboxylic acid groups (broad SMARTS) is 1. The minimum atomic E-state index is -1.44. The van der Waals surface area contributed by atoms with E-state index in [1.54, 1.807) is 11.0 Å². The molecule has 0 saturated carbocycles. The largest absolute Gasteiger partial charge is 0.479 e. The number of carboxylic acids is 1. The topological polar surface area (TPSA) is 89.9 Å². The van der Waals surface area contributed by atoms with Gasteiger partial charge in [-0.3, -0.25) is 0 Å². The number of nitrogens with zero attached hydrogens (tertiary/aromatic N) is 1. The van der Waals surface area contributed by atoms with E-state index in [9.17, 15) is 9.59 Å². The first-order valence-electron chi connectivity index (χ1n) is 5.46. The van der Waals surface area contributed by atoms with Gasteiger partial charge in [-0.05, 0) is 13.8 Å². The highest BCUT2D eigenvalue weighted by atomic mass is 16.4. The molecule has 0 saturated heterocycles. The van der Waals surface area contributed by atoms with Crippen LogP contribution in [0.15, 0.2) is 12.7 Å². The molecule has 6 nitrogen and oxygen atoms in total. The second-order valence-electron chi connectivity index (χ2n) is 3.91. The fourth-order valence-corrected chi connectivity index (χ4v) is 1.21. The maximum absolute atomic E-state index is 11.7. The van der Waals surface area contributed by atoms with Crippen molar-refractivity contribution in [3.8, 4) is 0 Å². The highest BCUT2D eigenvalue weighted by molar-refractivity contribution is 5.75. The van der Waals surface area contributed by atoms with E-state index >= 15 is 0 Å². The molecular formula is C11H20N2O4. The van der Waals surface area contributed by atoms with Crippen molar-refractivity contribution in [2.75, 3.05) is 13.1 Å². The highest BCUT2D eigenvalue weighted by Gasteiger charge is 2.17. The van der Waals surface area contributed by atoms with E-state index in [1.807, 2.05) is 13.8 Å². The summed E-state index contributed by atoms with van der Waals surface area (Å²) in [5.74, 6) is -1.29. The number of hydrogen-bond donors (Lipinski definition) is 3. The summed E-state index contributed by atoms with van der Waals surface area (Å²) >= 11 is 0. The SMILES string of the molecule is C=CCN(C(=O)NCC[C@H](O)C(=O)O)C(C)C. The smallest absolute Gasteiger partial charge is 0.332 e. The quantitative estimate of drug-likeness (QED) is 0.566. The lowest BCUT2D eigenvalue weighted by atomic mass is 10.2. The average Bonchev–Trinajstić information content (AvgIpc) is 2.24. The molecule has 17 heavy (non-hydrogen) atoms. The van der Waals surface area contributed by atoms with Gasteiger partial charge in [0.2, 0.25) is 0 Å². The summed E-state index contributed by atoms with van der Waals surface area (Å²) in [6, 6.07) is -0.269. The van der Waals surface area contributed by atoms with Gasteiger partial charge < -0.3 is 20.4 Å². The molecule has 0 aliphatic heterocycles. The van der Waals surface area contributed by atoms with Gasteiger partial charge in [-0.1, -0.05) is 6.08 Å². The van der Waals surface area contributed by atoms with Crippen molar-refractivity contribution in [1.82, 2.24) is 10.2 Å². The normalized spacial score (nSPS) is 12.0. The Hall–Kier alpha value is -1.56. The minimum absolute atomic E-state index is 0.0128. The van der Waals surface area contributed by atoms with Crippen molar-refractivity contribution in [3.05, 3.63) is 12.7 Å². The van der Waals surface area contributed by atoms with Gasteiger partial charge in [0.25, 0.3) is 0 Å². The van der Waals surface area contributed by atoms with Crippen molar-refractivity contribution in [2.45, 2.75) is 32.4 Å². The Labute approximate surface area is 101 Å². The summed E-state index contributed by atoms with van der Waals surface area (Å²) in [6.45, 7) is 7.84. The zero-order chi connectivity index (χ0) is 13.4. The lowest BCUT2D eigenvalue weighted by molar-refractivity contribution is -0.146. The molecule has 1 atom stereocenters. The maximum atomic E-state index is 11.7. The van der Waals surface area contributed by atoms with E-state index in [2.05, 4.69) is 11.9 Å². The van der Waals surface area contributed by atoms with E-state index < -0.39 is 12.1 Å². The Morgan fingerprint density at radius 3 is 2.47 bits per heavy atom. The second-order valence-corrected chi connectivity index (χ2v) is 3.91. The predicted octanol–water partition coefficient (Wildman–Crippen LogP) is 0.428. The first-order chi connectivity index (χ1) is 7.90. The third-order valence-electron chi connectivity index (χ3n) is 2.19. The average molecular weight is 244 g/mol. The van der Waals surface area contributed by atoms with Crippen molar-refractivity contribution < 1.29 is 19.8 Å². The molecule has 0 aliphatic carbocycles. The zero-order valence-corrected chi connectivity index (χ0v) is 10.2. The molecule has 0 radical (unpaired) electrons. The molecule has 0 unspecified atom stereocenters. The zero-order valence-electron chi connectivity index (χ0n) is 10.2. The van der Waals surface area contributed by atoms with Crippen LogP contribution in [-0.4, -0.2) is 52.3 Å². The van der Waals surface area contributed by atoms with E-state index in [0.717, 1.165) is 0 Å². The number of carbonyl (C=O) groups excluding carboxylic acids is 1. The van der Waals surface area contributed by atoms with Gasteiger partial charge in [-0.2, -0.15) is 0 Å². The van der Waals surface area contributed by atoms with Crippen LogP contribution in [0, 0.1) is 0 Å². The number of hydrogen-bond acceptors (Lipinski definition) is 3. The molecule has 0 spiro atoms. The highest BCUT2D eigenvalue weighted by Crippen LogP contribution is 1.99. The summed E-state index contributed by atoms with van der Waals surface area (Å²) in [4.78, 5) is 23.6. The first-order valence-corrected chi connectivity index (χ1v) is 5.46. The fourth-order valence-electron chi connectivity index (χ4n) is 1.21. The second kappa shape index (κ2) is 7.67. The molecule has 0 aromatic heterocycles. The third-order valence-corrected chi connectivity index (χ3v) is 2.19. The summed E-state index contributed by atoms with van der Waals surface area (Å²) in [5, 5.41) is 20.0. The molecule has 3 N–H and O–H groups in total. The standard InChI is InChI=1S/C11H20N2O4/c1-4-7-13(8(2)3)11(17)12-6-5-9(14)10(15)16/h4,8-9,14H,1,5-7H2,2-3H3,(H,12,17)(H,15,16)/t9-/m0/s1. The molecule has 98 valence electrons. The summed E-state index contributed by atoms with van der Waals surface area (Å²) in [6.07, 6.45) is 0.162. The van der Waals surface area contributed by atoms with Crippen LogP contribution in [0.1, 0.15) is 20.3 Å². The number of rotatable bonds is 7. The molecule has 0 aliphatic rings. The van der Waals surface area contributed by atoms with Crippen LogP contribution in [-0.2, 0) is 4.79 Å². The van der Waals surface area contributed by atoms with Crippen LogP contribution in [0.25, 0.3) is 0 Å². The van der Waals surface area contributed by atoms with E-state index in [0.29, 0.717) is 6.54 Å². The van der Waals surface area contributed by atoms with Gasteiger partial charge in [-0.25, -0.2) is 9.59 Å². The molecule has 0 rings (SSSR count). The number of carbonyl (C=O) groups is 2. The molecular weight excluding hydrogens is 224 g/mol. The first kappa shape index (κ1) is 15.4. The maximum Gasteiger partial charge on any atom is 0.332 e. The Balaban J connectivity index is 4.06. The van der Waals surface area contributed by atoms with Crippen LogP contribution in [0.2, 0.25) is 0 Å². The molecule has 6 heteroatoms. The Kier molecular flexibility index (Phi) is 6.97. The number of aliphatic hydroxyl groups is 1. The lowest BCUT2D eigenvalue weighted by Gasteiger charge is -2.25. The van der Waals surface area contributed by atoms with Crippen molar-refractivity contribution in [1.29, 1.82) is 0 Å². The van der Waals surface area contributed by atoms with Gasteiger partial charge in [0, 0.05) is 25.6 Å². The number of aliphatic carboxylic acids is 1. The predicted molar refractivity (Wildman–Crippen MR) is 63.7 cm³/mol. The Bertz CT molecular complexity index is 279. The van der Waals surface area contributed by atoms with Gasteiger partial charge in [0.1, 0.15) is 0 Å². The molecule has 2 amide bonds. The molecule has 0 aromatic carbocycles. The van der Waals surface area contributed by atoms with E-state index in [-0.39, 0.29) is 25.0 Å². The van der Waals surface area contributed by atoms with E-state index in [4.69, 9.17) is 10.2 Å². The lowest BCUT2D eigenvalue weighted by Crippen LogP contribution is -2.44. The van der Waals surface area contributed by atoms with Crippen molar-refractivity contribution in [3.63, 3.8) is 0 Å². The van der Waals surface area contributed by atoms with E-state index in [1.165, 1.54) is 0 Å². The summed E-state index contributed by atoms with van der Waals surface area (Å²) in [5.41, 5.74) is 0. The molecule has 0 aromatic rings. The molecule has 0 heterocycles. The Morgan fingerprint density at radius 1 is 1.47 bits per heavy atom. The fraction of sp³-hybridized carbons (Fsp3) is 0.636. The summed E-state index contributed by atoms with van der Waals surface area (Å²) < 4.78 is 0. The van der Waals surface area contributed by atoms with Crippen LogP contribution in [0.5, 0.6) is 0 Å². The Morgan fingerprint density at radius 2 is 2.06 bits per heavy atom. The van der Waals surface area contributed by atoms with Crippen LogP contribution >= 0.6 is 0 Å². The minimum Gasteiger partial charge on any atom is -0.479 e. The molecule has 0 bridgehead atoms. The molecule has 0 fully saturated rings. The van der Waals surface area contributed by atoms with Gasteiger partial charge in [-0.15, -0.1) is 6.58 Å². The number of nitrogens with one attached hydrogen (secondary N) is 1. The van der Waals surface area contributed by atoms with Gasteiger partial charge >= 0.3 is 12.0 Å². The van der Waals surface area contributed by atoms with Crippen LogP contribution < -0.4 is 5.32 Å². The number of amides is 2. The summed E-state index contributed by atoms with van der Waals surface area (Å²) in [7, 11) is 0.